The maximum Gasteiger partial charge on any atom is 0.325 e. The second kappa shape index (κ2) is 4.85. The first-order valence-electron chi connectivity index (χ1n) is 5.31. The summed E-state index contributed by atoms with van der Waals surface area (Å²) in [7, 11) is 0. The van der Waals surface area contributed by atoms with Gasteiger partial charge in [-0.1, -0.05) is 0 Å². The molecule has 0 radical (unpaired) electrons. The van der Waals surface area contributed by atoms with Crippen molar-refractivity contribution in [3.05, 3.63) is 21.4 Å². The molecule has 2 heterocycles. The Hall–Kier alpha value is -1.40. The smallest absolute Gasteiger partial charge is 0.325 e. The zero-order valence-electron chi connectivity index (χ0n) is 9.36. The van der Waals surface area contributed by atoms with Gasteiger partial charge in [0.2, 0.25) is 0 Å². The molecule has 0 aliphatic carbocycles. The van der Waals surface area contributed by atoms with Crippen LogP contribution < -0.4 is 5.32 Å². The number of carbonyl (C=O) groups is 2. The van der Waals surface area contributed by atoms with Crippen molar-refractivity contribution >= 4 is 23.2 Å². The molecule has 92 valence electrons. The van der Waals surface area contributed by atoms with Crippen LogP contribution in [0.1, 0.15) is 27.0 Å². The molecule has 0 fully saturated rings. The van der Waals surface area contributed by atoms with E-state index in [2.05, 4.69) is 5.32 Å². The fourth-order valence-electron chi connectivity index (χ4n) is 1.59. The van der Waals surface area contributed by atoms with E-state index in [0.29, 0.717) is 18.1 Å². The third-order valence-electron chi connectivity index (χ3n) is 2.57. The highest BCUT2D eigenvalue weighted by atomic mass is 32.1. The first-order valence-corrected chi connectivity index (χ1v) is 6.12. The van der Waals surface area contributed by atoms with E-state index in [1.807, 2.05) is 0 Å². The molecule has 0 unspecified atom stereocenters. The number of nitrogens with one attached hydrogen (secondary N) is 1. The Bertz CT molecular complexity index is 431. The average molecular weight is 255 g/mol. The molecule has 0 aromatic carbocycles. The number of fused-ring (bicyclic) bond motifs is 1. The van der Waals surface area contributed by atoms with Crippen LogP contribution in [0.5, 0.6) is 0 Å². The molecular formula is C11H13NO4S. The Morgan fingerprint density at radius 1 is 1.59 bits per heavy atom. The third-order valence-corrected chi connectivity index (χ3v) is 3.81. The maximum absolute atomic E-state index is 11.8. The Balaban J connectivity index is 2.09. The summed E-state index contributed by atoms with van der Waals surface area (Å²) in [5.74, 6) is -1.37. The number of thiophene rings is 1. The summed E-state index contributed by atoms with van der Waals surface area (Å²) < 4.78 is 5.29. The first kappa shape index (κ1) is 12.1. The van der Waals surface area contributed by atoms with Crippen LogP contribution in [0.4, 0.5) is 0 Å². The molecule has 6 heteroatoms. The standard InChI is InChI=1S/C11H13NO4S/c1-6(11(14)15)12-10(13)9-4-7-5-16-3-2-8(7)17-9/h4,6H,2-3,5H2,1H3,(H,12,13)(H,14,15)/t6-/m0/s1. The van der Waals surface area contributed by atoms with Gasteiger partial charge in [0, 0.05) is 11.3 Å². The molecule has 0 bridgehead atoms. The van der Waals surface area contributed by atoms with Crippen molar-refractivity contribution in [2.24, 2.45) is 0 Å². The van der Waals surface area contributed by atoms with E-state index in [4.69, 9.17) is 9.84 Å². The minimum absolute atomic E-state index is 0.334. The van der Waals surface area contributed by atoms with Gasteiger partial charge in [-0.3, -0.25) is 9.59 Å². The quantitative estimate of drug-likeness (QED) is 0.845. The summed E-state index contributed by atoms with van der Waals surface area (Å²) >= 11 is 1.41. The van der Waals surface area contributed by atoms with Gasteiger partial charge in [-0.25, -0.2) is 0 Å². The zero-order valence-corrected chi connectivity index (χ0v) is 10.2. The van der Waals surface area contributed by atoms with Gasteiger partial charge >= 0.3 is 5.97 Å². The van der Waals surface area contributed by atoms with E-state index >= 15 is 0 Å². The van der Waals surface area contributed by atoms with E-state index in [-0.39, 0.29) is 5.91 Å². The van der Waals surface area contributed by atoms with Gasteiger partial charge in [0.05, 0.1) is 18.1 Å². The molecule has 1 aromatic rings. The van der Waals surface area contributed by atoms with Crippen molar-refractivity contribution in [2.45, 2.75) is 26.0 Å². The molecule has 1 aliphatic heterocycles. The van der Waals surface area contributed by atoms with E-state index in [0.717, 1.165) is 16.9 Å². The SMILES string of the molecule is C[C@H](NC(=O)c1cc2c(s1)CCOC2)C(=O)O. The lowest BCUT2D eigenvalue weighted by molar-refractivity contribution is -0.138. The van der Waals surface area contributed by atoms with Gasteiger partial charge in [-0.15, -0.1) is 11.3 Å². The van der Waals surface area contributed by atoms with E-state index in [1.54, 1.807) is 6.07 Å². The molecule has 0 saturated carbocycles. The van der Waals surface area contributed by atoms with Gasteiger partial charge < -0.3 is 15.2 Å². The van der Waals surface area contributed by atoms with Crippen LogP contribution in [-0.2, 0) is 22.6 Å². The molecule has 1 amide bonds. The molecule has 2 N–H and O–H groups in total. The molecule has 0 saturated heterocycles. The van der Waals surface area contributed by atoms with E-state index < -0.39 is 12.0 Å². The van der Waals surface area contributed by atoms with Crippen LogP contribution in [0.25, 0.3) is 0 Å². The van der Waals surface area contributed by atoms with Gasteiger partial charge in [0.15, 0.2) is 0 Å². The number of carboxylic acid groups (broad SMARTS) is 1. The number of aliphatic carboxylic acids is 1. The van der Waals surface area contributed by atoms with Crippen LogP contribution in [0.3, 0.4) is 0 Å². The van der Waals surface area contributed by atoms with Gasteiger partial charge in [-0.2, -0.15) is 0 Å². The zero-order chi connectivity index (χ0) is 12.4. The highest BCUT2D eigenvalue weighted by Crippen LogP contribution is 2.26. The van der Waals surface area contributed by atoms with Crippen molar-refractivity contribution in [2.75, 3.05) is 6.61 Å². The average Bonchev–Trinajstić information content (AvgIpc) is 2.72. The number of hydrogen-bond donors (Lipinski definition) is 2. The largest absolute Gasteiger partial charge is 0.480 e. The van der Waals surface area contributed by atoms with E-state index in [9.17, 15) is 9.59 Å². The Kier molecular flexibility index (Phi) is 3.44. The van der Waals surface area contributed by atoms with Gasteiger partial charge in [-0.05, 0) is 18.6 Å². The highest BCUT2D eigenvalue weighted by molar-refractivity contribution is 7.14. The minimum atomic E-state index is -1.04. The molecule has 0 spiro atoms. The van der Waals surface area contributed by atoms with Crippen molar-refractivity contribution in [3.63, 3.8) is 0 Å². The topological polar surface area (TPSA) is 75.6 Å². The molecule has 1 aliphatic rings. The summed E-state index contributed by atoms with van der Waals surface area (Å²) in [6.45, 7) is 2.66. The van der Waals surface area contributed by atoms with Crippen LogP contribution >= 0.6 is 11.3 Å². The first-order chi connectivity index (χ1) is 8.08. The monoisotopic (exact) mass is 255 g/mol. The van der Waals surface area contributed by atoms with Crippen LogP contribution in [0, 0.1) is 0 Å². The van der Waals surface area contributed by atoms with Crippen molar-refractivity contribution < 1.29 is 19.4 Å². The Morgan fingerprint density at radius 3 is 3.00 bits per heavy atom. The number of rotatable bonds is 3. The lowest BCUT2D eigenvalue weighted by atomic mass is 10.2. The molecule has 5 nitrogen and oxygen atoms in total. The third kappa shape index (κ3) is 2.65. The highest BCUT2D eigenvalue weighted by Gasteiger charge is 2.20. The fraction of sp³-hybridized carbons (Fsp3) is 0.455. The summed E-state index contributed by atoms with van der Waals surface area (Å²) in [5.41, 5.74) is 1.04. The van der Waals surface area contributed by atoms with Crippen molar-refractivity contribution in [3.8, 4) is 0 Å². The maximum atomic E-state index is 11.8. The van der Waals surface area contributed by atoms with Crippen LogP contribution in [-0.4, -0.2) is 29.6 Å². The van der Waals surface area contributed by atoms with Crippen LogP contribution in [0.15, 0.2) is 6.07 Å². The summed E-state index contributed by atoms with van der Waals surface area (Å²) in [5, 5.41) is 11.1. The number of amides is 1. The number of ether oxygens (including phenoxy) is 1. The number of carbonyl (C=O) groups excluding carboxylic acids is 1. The normalized spacial score (nSPS) is 16.1. The molecule has 2 rings (SSSR count). The Morgan fingerprint density at radius 2 is 2.35 bits per heavy atom. The van der Waals surface area contributed by atoms with Crippen molar-refractivity contribution in [1.29, 1.82) is 0 Å². The molecule has 1 aromatic heterocycles. The molecular weight excluding hydrogens is 242 g/mol. The lowest BCUT2D eigenvalue weighted by Crippen LogP contribution is -2.37. The fourth-order valence-corrected chi connectivity index (χ4v) is 2.64. The summed E-state index contributed by atoms with van der Waals surface area (Å²) in [4.78, 5) is 24.1. The lowest BCUT2D eigenvalue weighted by Gasteiger charge is -2.10. The van der Waals surface area contributed by atoms with Gasteiger partial charge in [0.1, 0.15) is 6.04 Å². The van der Waals surface area contributed by atoms with Gasteiger partial charge in [0.25, 0.3) is 5.91 Å². The van der Waals surface area contributed by atoms with Crippen LogP contribution in [0.2, 0.25) is 0 Å². The minimum Gasteiger partial charge on any atom is -0.480 e. The number of hydrogen-bond acceptors (Lipinski definition) is 4. The molecule has 1 atom stereocenters. The molecule has 17 heavy (non-hydrogen) atoms. The second-order valence-corrected chi connectivity index (χ2v) is 5.03. The summed E-state index contributed by atoms with van der Waals surface area (Å²) in [6, 6.07) is 0.904. The summed E-state index contributed by atoms with van der Waals surface area (Å²) in [6.07, 6.45) is 0.821. The van der Waals surface area contributed by atoms with Crippen molar-refractivity contribution in [1.82, 2.24) is 5.32 Å². The number of carboxylic acids is 1. The second-order valence-electron chi connectivity index (χ2n) is 3.90. The van der Waals surface area contributed by atoms with E-state index in [1.165, 1.54) is 18.3 Å². The predicted octanol–water partition coefficient (Wildman–Crippen LogP) is 1.02. The predicted molar refractivity (Wildman–Crippen MR) is 62.2 cm³/mol. The Labute approximate surface area is 102 Å².